The van der Waals surface area contributed by atoms with Crippen molar-refractivity contribution in [1.82, 2.24) is 35.0 Å². The fourth-order valence-electron chi connectivity index (χ4n) is 6.76. The van der Waals surface area contributed by atoms with Gasteiger partial charge in [0.25, 0.3) is 0 Å². The number of amides is 2. The van der Waals surface area contributed by atoms with Crippen molar-refractivity contribution in [2.75, 3.05) is 5.75 Å². The molecule has 16 heteroatoms. The molecule has 312 valence electrons. The number of aryl methyl sites for hydroxylation is 1. The van der Waals surface area contributed by atoms with E-state index >= 15 is 0 Å². The van der Waals surface area contributed by atoms with Crippen molar-refractivity contribution < 1.29 is 18.8 Å². The zero-order valence-electron chi connectivity index (χ0n) is 33.2. The number of thioether (sulfide) groups is 2. The van der Waals surface area contributed by atoms with Gasteiger partial charge in [-0.05, 0) is 48.4 Å². The van der Waals surface area contributed by atoms with Crippen LogP contribution in [-0.4, -0.2) is 53.1 Å². The molecule has 5 aromatic heterocycles. The van der Waals surface area contributed by atoms with Crippen molar-refractivity contribution >= 4 is 85.9 Å². The fraction of sp³-hybridized carbons (Fsp3) is 0.130. The van der Waals surface area contributed by atoms with Gasteiger partial charge in [0.2, 0.25) is 11.8 Å². The van der Waals surface area contributed by atoms with Crippen LogP contribution in [0.5, 0.6) is 0 Å². The molecular formula is C46H39ClN8O4S3. The highest BCUT2D eigenvalue weighted by Gasteiger charge is 2.27. The third kappa shape index (κ3) is 9.87. The maximum Gasteiger partial charge on any atom is 0.230 e. The van der Waals surface area contributed by atoms with Crippen LogP contribution in [0.1, 0.15) is 43.1 Å². The van der Waals surface area contributed by atoms with Crippen LogP contribution in [0.2, 0.25) is 5.02 Å². The molecule has 0 spiro atoms. The van der Waals surface area contributed by atoms with Crippen molar-refractivity contribution in [1.29, 1.82) is 0 Å². The Morgan fingerprint density at radius 1 is 0.871 bits per heavy atom. The Labute approximate surface area is 373 Å². The minimum absolute atomic E-state index is 0.0166. The normalized spacial score (nSPS) is 11.6. The van der Waals surface area contributed by atoms with Crippen LogP contribution >= 0.6 is 46.5 Å². The van der Waals surface area contributed by atoms with Gasteiger partial charge in [0.05, 0.1) is 30.7 Å². The number of hydrogen-bond donors (Lipinski definition) is 4. The number of furan rings is 1. The zero-order chi connectivity index (χ0) is 43.0. The number of halogens is 1. The van der Waals surface area contributed by atoms with Gasteiger partial charge in [-0.3, -0.25) is 19.0 Å². The Bertz CT molecular complexity index is 2980. The first-order valence-electron chi connectivity index (χ1n) is 19.4. The predicted molar refractivity (Wildman–Crippen MR) is 247 cm³/mol. The molecule has 12 nitrogen and oxygen atoms in total. The van der Waals surface area contributed by atoms with E-state index in [1.807, 2.05) is 127 Å². The molecule has 0 aliphatic carbocycles. The molecule has 62 heavy (non-hydrogen) atoms. The summed E-state index contributed by atoms with van der Waals surface area (Å²) in [4.78, 5) is 49.2. The molecule has 0 fully saturated rings. The highest BCUT2D eigenvalue weighted by Crippen LogP contribution is 2.41. The van der Waals surface area contributed by atoms with Crippen molar-refractivity contribution in [3.8, 4) is 11.4 Å². The smallest absolute Gasteiger partial charge is 0.230 e. The first-order chi connectivity index (χ1) is 30.2. The van der Waals surface area contributed by atoms with Crippen LogP contribution in [0.3, 0.4) is 0 Å². The van der Waals surface area contributed by atoms with E-state index in [9.17, 15) is 14.4 Å². The van der Waals surface area contributed by atoms with Gasteiger partial charge in [0, 0.05) is 61.8 Å². The van der Waals surface area contributed by atoms with Gasteiger partial charge in [-0.1, -0.05) is 120 Å². The number of primary amides is 1. The quantitative estimate of drug-likeness (QED) is 0.0576. The number of fused-ring (bicyclic) bond motifs is 2. The summed E-state index contributed by atoms with van der Waals surface area (Å²) in [7, 11) is 0. The number of carbonyl (C=O) groups is 3. The molecule has 9 aromatic rings. The van der Waals surface area contributed by atoms with Crippen molar-refractivity contribution in [3.63, 3.8) is 0 Å². The molecule has 4 aromatic carbocycles. The molecule has 9 rings (SSSR count). The number of hydrogen-bond acceptors (Lipinski definition) is 10. The number of carbonyl (C=O) groups excluding carboxylic acids is 3. The number of benzene rings is 4. The van der Waals surface area contributed by atoms with E-state index in [2.05, 4.69) is 30.5 Å². The van der Waals surface area contributed by atoms with Crippen LogP contribution in [0.25, 0.3) is 33.2 Å². The molecule has 0 saturated heterocycles. The van der Waals surface area contributed by atoms with Crippen molar-refractivity contribution in [3.05, 3.63) is 172 Å². The highest BCUT2D eigenvalue weighted by atomic mass is 35.5. The number of nitrogens with two attached hydrogens (primary N) is 1. The number of H-pyrrole nitrogens is 2. The molecule has 1 atom stereocenters. The van der Waals surface area contributed by atoms with Crippen LogP contribution in [0.4, 0.5) is 0 Å². The van der Waals surface area contributed by atoms with Gasteiger partial charge < -0.3 is 25.4 Å². The number of rotatable bonds is 15. The molecular weight excluding hydrogens is 860 g/mol. The highest BCUT2D eigenvalue weighted by molar-refractivity contribution is 8.02. The lowest BCUT2D eigenvalue weighted by molar-refractivity contribution is -0.119. The minimum Gasteiger partial charge on any atom is -0.467 e. The first kappa shape index (κ1) is 42.3. The maximum atomic E-state index is 13.6. The zero-order valence-corrected chi connectivity index (χ0v) is 36.4. The Hall–Kier alpha value is -6.39. The molecule has 0 bridgehead atoms. The summed E-state index contributed by atoms with van der Waals surface area (Å²) < 4.78 is 8.28. The molecule has 0 radical (unpaired) electrons. The van der Waals surface area contributed by atoms with E-state index in [4.69, 9.17) is 21.8 Å². The average molecular weight is 900 g/mol. The predicted octanol–water partition coefficient (Wildman–Crippen LogP) is 9.81. The number of thiazole rings is 1. The van der Waals surface area contributed by atoms with Crippen LogP contribution in [0, 0.1) is 6.92 Å². The number of nitrogens with zero attached hydrogens (tertiary/aromatic N) is 4. The van der Waals surface area contributed by atoms with Crippen LogP contribution in [0.15, 0.2) is 148 Å². The summed E-state index contributed by atoms with van der Waals surface area (Å²) in [5.74, 6) is 1.21. The lowest BCUT2D eigenvalue weighted by Gasteiger charge is -2.14. The Morgan fingerprint density at radius 2 is 1.58 bits per heavy atom. The third-order valence-electron chi connectivity index (χ3n) is 9.83. The molecule has 2 amide bonds. The van der Waals surface area contributed by atoms with Gasteiger partial charge in [0.1, 0.15) is 11.0 Å². The molecule has 1 unspecified atom stereocenters. The summed E-state index contributed by atoms with van der Waals surface area (Å²) >= 11 is 10.3. The van der Waals surface area contributed by atoms with E-state index in [0.717, 1.165) is 59.2 Å². The summed E-state index contributed by atoms with van der Waals surface area (Å²) in [6.07, 6.45) is 5.50. The average Bonchev–Trinajstić information content (AvgIpc) is 4.14. The minimum atomic E-state index is -0.442. The van der Waals surface area contributed by atoms with E-state index in [1.165, 1.54) is 34.9 Å². The summed E-state index contributed by atoms with van der Waals surface area (Å²) in [5.41, 5.74) is 11.5. The molecule has 0 aliphatic heterocycles. The molecule has 0 aliphatic rings. The Morgan fingerprint density at radius 3 is 2.34 bits per heavy atom. The SMILES string of the molecule is Cc1nc(SC(C(=O)c2c[nH]c3ccccc23)c2ccccc2)sc1CC(N)=O.O=C(CSc1nnc(-c2c[nH]c3ccccc23)n1Cc1ccco1)NCc1ccccc1Cl. The second-order valence-corrected chi connectivity index (χ2v) is 17.8. The number of ketones is 1. The number of aromatic nitrogens is 6. The standard InChI is InChI=1S/C24H20ClN5O2S.C22H19N3O2S2/c25-20-9-3-1-6-16(20)12-27-22(31)15-33-24-29-28-23(30(24)14-17-7-5-11-32-17)19-13-26-21-10-4-2-8-18(19)21;1-13-18(11-19(23)26)28-22(25-13)29-21(14-7-3-2-4-8-14)20(27)16-12-24-17-10-6-5-9-15(16)17/h1-11,13,26H,12,14-15H2,(H,27,31);2-10,12,21,24H,11H2,1H3,(H2,23,26). The van der Waals surface area contributed by atoms with Gasteiger partial charge in [-0.2, -0.15) is 0 Å². The van der Waals surface area contributed by atoms with Gasteiger partial charge >= 0.3 is 0 Å². The Balaban J connectivity index is 0.000000172. The first-order valence-corrected chi connectivity index (χ1v) is 22.5. The van der Waals surface area contributed by atoms with E-state index in [1.54, 1.807) is 18.5 Å². The Kier molecular flexibility index (Phi) is 13.3. The summed E-state index contributed by atoms with van der Waals surface area (Å²) in [6, 6.07) is 36.7. The van der Waals surface area contributed by atoms with Crippen LogP contribution < -0.4 is 11.1 Å². The molecule has 5 heterocycles. The summed E-state index contributed by atoms with van der Waals surface area (Å²) in [5, 5.41) is 14.5. The second kappa shape index (κ2) is 19.5. The fourth-order valence-corrected chi connectivity index (χ4v) is 10.2. The maximum absolute atomic E-state index is 13.6. The van der Waals surface area contributed by atoms with Crippen molar-refractivity contribution in [2.24, 2.45) is 5.73 Å². The lowest BCUT2D eigenvalue weighted by Crippen LogP contribution is -2.24. The lowest BCUT2D eigenvalue weighted by atomic mass is 10.0. The van der Waals surface area contributed by atoms with E-state index < -0.39 is 5.25 Å². The van der Waals surface area contributed by atoms with E-state index in [0.29, 0.717) is 34.7 Å². The number of para-hydroxylation sites is 2. The molecule has 0 saturated carbocycles. The number of Topliss-reactive ketones (excluding diaryl/α,β-unsaturated/α-hetero) is 1. The summed E-state index contributed by atoms with van der Waals surface area (Å²) in [6.45, 7) is 2.69. The van der Waals surface area contributed by atoms with E-state index in [-0.39, 0.29) is 29.8 Å². The van der Waals surface area contributed by atoms with Gasteiger partial charge in [-0.25, -0.2) is 4.98 Å². The molecule has 5 N–H and O–H groups in total. The number of nitrogens with one attached hydrogen (secondary N) is 3. The second-order valence-electron chi connectivity index (χ2n) is 14.0. The van der Waals surface area contributed by atoms with Gasteiger partial charge in [0.15, 0.2) is 21.1 Å². The monoisotopic (exact) mass is 898 g/mol. The van der Waals surface area contributed by atoms with Gasteiger partial charge in [-0.15, -0.1) is 21.5 Å². The largest absolute Gasteiger partial charge is 0.467 e. The third-order valence-corrected chi connectivity index (χ3v) is 13.7. The number of aromatic amines is 2. The van der Waals surface area contributed by atoms with Crippen molar-refractivity contribution in [2.45, 2.75) is 41.2 Å². The topological polar surface area (TPSA) is 178 Å². The van der Waals surface area contributed by atoms with Crippen LogP contribution in [-0.2, 0) is 29.1 Å².